The van der Waals surface area contributed by atoms with Gasteiger partial charge in [0.2, 0.25) is 0 Å². The molecular weight excluding hydrogens is 629 g/mol. The lowest BCUT2D eigenvalue weighted by atomic mass is 10.1. The number of nitrogens with zero attached hydrogens (tertiary/aromatic N) is 3. The van der Waals surface area contributed by atoms with Gasteiger partial charge in [-0.05, 0) is 65.4 Å². The second-order valence-electron chi connectivity index (χ2n) is 9.91. The van der Waals surface area contributed by atoms with Crippen molar-refractivity contribution in [1.29, 1.82) is 0 Å². The van der Waals surface area contributed by atoms with E-state index in [4.69, 9.17) is 0 Å². The summed E-state index contributed by atoms with van der Waals surface area (Å²) >= 11 is 2.99. The fourth-order valence-electron chi connectivity index (χ4n) is 4.71. The Morgan fingerprint density at radius 3 is 1.40 bits per heavy atom. The molecule has 7 aromatic rings. The van der Waals surface area contributed by atoms with Crippen LogP contribution in [-0.2, 0) is 12.4 Å². The molecule has 3 nitrogen and oxygen atoms in total. The topological polar surface area (TPSA) is 30.7 Å². The third-order valence-electron chi connectivity index (χ3n) is 6.84. The normalized spacial score (nSPS) is 11.9. The lowest BCUT2D eigenvalue weighted by molar-refractivity contribution is -0.143. The second kappa shape index (κ2) is 10.8. The Morgan fingerprint density at radius 2 is 0.978 bits per heavy atom. The van der Waals surface area contributed by atoms with Gasteiger partial charge in [-0.1, -0.05) is 60.1 Å². The van der Waals surface area contributed by atoms with Crippen LogP contribution in [0.2, 0.25) is 0 Å². The summed E-state index contributed by atoms with van der Waals surface area (Å²) in [4.78, 5) is 2.32. The third kappa shape index (κ3) is 5.76. The van der Waals surface area contributed by atoms with Gasteiger partial charge in [0.05, 0.1) is 37.7 Å². The highest BCUT2D eigenvalue weighted by atomic mass is 32.1. The molecular formula is C34H15F6N3S2. The van der Waals surface area contributed by atoms with Crippen molar-refractivity contribution >= 4 is 53.9 Å². The SMILES string of the molecule is FC(F)(F)c1cc(-n2nc3c(C#Cc4cc5ccccc5s4)ccc(C#Cc4cc5ccccc5s4)c3n2)cc(C(F)(F)F)c1. The number of aromatic nitrogens is 3. The fraction of sp³-hybridized carbons (Fsp3) is 0.0588. The smallest absolute Gasteiger partial charge is 0.166 e. The van der Waals surface area contributed by atoms with Crippen molar-refractivity contribution in [3.63, 3.8) is 0 Å². The van der Waals surface area contributed by atoms with Gasteiger partial charge in [-0.15, -0.1) is 32.9 Å². The molecule has 0 amide bonds. The van der Waals surface area contributed by atoms with E-state index in [1.54, 1.807) is 12.1 Å². The van der Waals surface area contributed by atoms with Crippen molar-refractivity contribution in [2.24, 2.45) is 0 Å². The lowest BCUT2D eigenvalue weighted by Gasteiger charge is -2.13. The first-order valence-electron chi connectivity index (χ1n) is 13.2. The molecule has 0 bridgehead atoms. The van der Waals surface area contributed by atoms with Gasteiger partial charge in [0, 0.05) is 9.40 Å². The summed E-state index contributed by atoms with van der Waals surface area (Å²) in [7, 11) is 0. The summed E-state index contributed by atoms with van der Waals surface area (Å²) in [6.07, 6.45) is -10.0. The van der Waals surface area contributed by atoms with Crippen molar-refractivity contribution in [1.82, 2.24) is 15.0 Å². The molecule has 7 rings (SSSR count). The Bertz CT molecular complexity index is 2160. The fourth-order valence-corrected chi connectivity index (χ4v) is 6.54. The molecule has 3 heterocycles. The van der Waals surface area contributed by atoms with Gasteiger partial charge in [0.15, 0.2) is 0 Å². The van der Waals surface area contributed by atoms with Gasteiger partial charge in [-0.3, -0.25) is 0 Å². The first kappa shape index (κ1) is 28.7. The van der Waals surface area contributed by atoms with Gasteiger partial charge in [-0.25, -0.2) is 0 Å². The number of thiophene rings is 2. The third-order valence-corrected chi connectivity index (χ3v) is 8.90. The standard InChI is InChI=1S/C34H15F6N3S2/c35-33(36,37)24-17-25(34(38,39)40)19-26(18-24)43-41-31-20(11-13-27-15-22-5-1-3-7-29(22)44-27)9-10-21(32(31)42-43)12-14-28-16-23-6-2-4-8-30(23)45-28/h1-10,15-19H. The van der Waals surface area contributed by atoms with Crippen LogP contribution >= 0.6 is 22.7 Å². The molecule has 0 spiro atoms. The van der Waals surface area contributed by atoms with E-state index in [1.807, 2.05) is 60.7 Å². The van der Waals surface area contributed by atoms with Crippen molar-refractivity contribution in [2.45, 2.75) is 12.4 Å². The van der Waals surface area contributed by atoms with Crippen molar-refractivity contribution < 1.29 is 26.3 Å². The highest BCUT2D eigenvalue weighted by Gasteiger charge is 2.37. The first-order chi connectivity index (χ1) is 21.5. The highest BCUT2D eigenvalue weighted by Crippen LogP contribution is 2.37. The molecule has 0 fully saturated rings. The summed E-state index contributed by atoms with van der Waals surface area (Å²) < 4.78 is 83.8. The number of hydrogen-bond acceptors (Lipinski definition) is 4. The van der Waals surface area contributed by atoms with Crippen molar-refractivity contribution in [2.75, 3.05) is 0 Å². The molecule has 0 aliphatic carbocycles. The van der Waals surface area contributed by atoms with Gasteiger partial charge in [0.1, 0.15) is 11.0 Å². The predicted molar refractivity (Wildman–Crippen MR) is 164 cm³/mol. The van der Waals surface area contributed by atoms with Gasteiger partial charge < -0.3 is 0 Å². The van der Waals surface area contributed by atoms with E-state index in [1.165, 1.54) is 22.7 Å². The molecule has 4 aromatic carbocycles. The minimum atomic E-state index is -5.02. The largest absolute Gasteiger partial charge is 0.416 e. The summed E-state index contributed by atoms with van der Waals surface area (Å²) in [6, 6.07) is 24.0. The molecule has 11 heteroatoms. The van der Waals surface area contributed by atoms with E-state index < -0.39 is 29.2 Å². The van der Waals surface area contributed by atoms with Crippen LogP contribution in [-0.4, -0.2) is 15.0 Å². The van der Waals surface area contributed by atoms with Crippen LogP contribution in [0, 0.1) is 23.7 Å². The maximum Gasteiger partial charge on any atom is 0.416 e. The minimum absolute atomic E-state index is 0.0660. The molecule has 0 unspecified atom stereocenters. The van der Waals surface area contributed by atoms with E-state index in [-0.39, 0.29) is 17.1 Å². The zero-order valence-corrected chi connectivity index (χ0v) is 24.2. The van der Waals surface area contributed by atoms with E-state index >= 15 is 0 Å². The van der Waals surface area contributed by atoms with Gasteiger partial charge in [0.25, 0.3) is 0 Å². The molecule has 0 aliphatic rings. The van der Waals surface area contributed by atoms with E-state index in [0.29, 0.717) is 23.3 Å². The number of fused-ring (bicyclic) bond motifs is 3. The summed E-state index contributed by atoms with van der Waals surface area (Å²) in [5, 5.41) is 10.7. The maximum absolute atomic E-state index is 13.6. The summed E-state index contributed by atoms with van der Waals surface area (Å²) in [5.41, 5.74) is -2.27. The molecule has 0 atom stereocenters. The quantitative estimate of drug-likeness (QED) is 0.132. The van der Waals surface area contributed by atoms with E-state index in [9.17, 15) is 26.3 Å². The van der Waals surface area contributed by atoms with Gasteiger partial charge in [-0.2, -0.15) is 31.1 Å². The molecule has 220 valence electrons. The molecule has 3 aromatic heterocycles. The number of alkyl halides is 6. The van der Waals surface area contributed by atoms with Crippen LogP contribution in [0.15, 0.2) is 91.0 Å². The minimum Gasteiger partial charge on any atom is -0.166 e. The average Bonchev–Trinajstić information content (AvgIpc) is 3.74. The molecule has 0 N–H and O–H groups in total. The van der Waals surface area contributed by atoms with Crippen LogP contribution in [0.4, 0.5) is 26.3 Å². The van der Waals surface area contributed by atoms with Crippen LogP contribution in [0.5, 0.6) is 0 Å². The van der Waals surface area contributed by atoms with Crippen molar-refractivity contribution in [3.05, 3.63) is 123 Å². The van der Waals surface area contributed by atoms with E-state index in [0.717, 1.165) is 34.7 Å². The number of benzene rings is 4. The highest BCUT2D eigenvalue weighted by molar-refractivity contribution is 7.19. The number of rotatable bonds is 1. The second-order valence-corrected chi connectivity index (χ2v) is 12.1. The Balaban J connectivity index is 1.39. The zero-order valence-electron chi connectivity index (χ0n) is 22.6. The maximum atomic E-state index is 13.6. The Labute approximate surface area is 259 Å². The molecule has 0 aliphatic heterocycles. The van der Waals surface area contributed by atoms with Crippen LogP contribution in [0.3, 0.4) is 0 Å². The first-order valence-corrected chi connectivity index (χ1v) is 14.9. The zero-order chi connectivity index (χ0) is 31.3. The molecule has 45 heavy (non-hydrogen) atoms. The van der Waals surface area contributed by atoms with Crippen LogP contribution < -0.4 is 0 Å². The Hall–Kier alpha value is -5.10. The molecule has 0 radical (unpaired) electrons. The average molecular weight is 644 g/mol. The predicted octanol–water partition coefficient (Wildman–Crippen LogP) is 9.69. The van der Waals surface area contributed by atoms with Crippen LogP contribution in [0.1, 0.15) is 32.0 Å². The van der Waals surface area contributed by atoms with E-state index in [2.05, 4.69) is 33.9 Å². The number of hydrogen-bond donors (Lipinski definition) is 0. The Kier molecular flexibility index (Phi) is 6.88. The van der Waals surface area contributed by atoms with Gasteiger partial charge >= 0.3 is 12.4 Å². The summed E-state index contributed by atoms with van der Waals surface area (Å²) in [6.45, 7) is 0. The van der Waals surface area contributed by atoms with Crippen molar-refractivity contribution in [3.8, 4) is 29.4 Å². The molecule has 0 saturated carbocycles. The lowest BCUT2D eigenvalue weighted by Crippen LogP contribution is -2.13. The molecule has 0 saturated heterocycles. The summed E-state index contributed by atoms with van der Waals surface area (Å²) in [5.74, 6) is 12.3. The number of halogens is 6. The van der Waals surface area contributed by atoms with Crippen LogP contribution in [0.25, 0.3) is 36.9 Å². The monoisotopic (exact) mass is 643 g/mol. The Morgan fingerprint density at radius 1 is 0.533 bits per heavy atom.